The zero-order valence-electron chi connectivity index (χ0n) is 14.0. The van der Waals surface area contributed by atoms with E-state index in [0.29, 0.717) is 17.0 Å². The first-order valence-electron chi connectivity index (χ1n) is 7.43. The molecule has 136 valence electrons. The van der Waals surface area contributed by atoms with Crippen molar-refractivity contribution in [3.63, 3.8) is 0 Å². The van der Waals surface area contributed by atoms with Gasteiger partial charge in [0.15, 0.2) is 4.75 Å². The van der Waals surface area contributed by atoms with Crippen LogP contribution in [0.2, 0.25) is 0 Å². The first kappa shape index (κ1) is 19.4. The van der Waals surface area contributed by atoms with Crippen LogP contribution in [0.3, 0.4) is 0 Å². The minimum atomic E-state index is -3.81. The van der Waals surface area contributed by atoms with Crippen LogP contribution in [0.5, 0.6) is 0 Å². The van der Waals surface area contributed by atoms with Gasteiger partial charge in [-0.1, -0.05) is 0 Å². The number of nitrogens with two attached hydrogens (primary N) is 1. The number of rotatable bonds is 5. The highest BCUT2D eigenvalue weighted by Crippen LogP contribution is 2.45. The van der Waals surface area contributed by atoms with E-state index in [1.807, 2.05) is 0 Å². The Bertz CT molecular complexity index is 884. The van der Waals surface area contributed by atoms with Crippen molar-refractivity contribution in [3.05, 3.63) is 16.5 Å². The van der Waals surface area contributed by atoms with E-state index in [1.54, 1.807) is 13.0 Å². The first-order valence-corrected chi connectivity index (χ1v) is 11.3. The molecule has 0 aliphatic carbocycles. The molecule has 2 rings (SSSR count). The molecule has 3 N–H and O–H groups in total. The van der Waals surface area contributed by atoms with E-state index < -0.39 is 35.3 Å². The fourth-order valence-electron chi connectivity index (χ4n) is 2.64. The summed E-state index contributed by atoms with van der Waals surface area (Å²) in [5.74, 6) is -0.514. The summed E-state index contributed by atoms with van der Waals surface area (Å²) >= 11 is 1.02. The predicted molar refractivity (Wildman–Crippen MR) is 93.2 cm³/mol. The molecule has 1 atom stereocenters. The van der Waals surface area contributed by atoms with Crippen LogP contribution in [-0.4, -0.2) is 38.8 Å². The van der Waals surface area contributed by atoms with Crippen LogP contribution in [0.25, 0.3) is 0 Å². The molecular weight excluding hydrogens is 372 g/mol. The van der Waals surface area contributed by atoms with Crippen molar-refractivity contribution >= 4 is 37.1 Å². The third kappa shape index (κ3) is 2.89. The fraction of sp³-hybridized carbons (Fsp3) is 0.643. The SMILES string of the molecule is CCNC(=O)C1(C)Cc2cc(CC(C)(C)S(N)(=O)=O)sc2S1(=O)=O. The minimum absolute atomic E-state index is 0.0861. The number of fused-ring (bicyclic) bond motifs is 1. The van der Waals surface area contributed by atoms with E-state index in [9.17, 15) is 21.6 Å². The first-order chi connectivity index (χ1) is 10.8. The summed E-state index contributed by atoms with van der Waals surface area (Å²) in [6.45, 7) is 6.51. The largest absolute Gasteiger partial charge is 0.355 e. The van der Waals surface area contributed by atoms with Crippen LogP contribution in [0.15, 0.2) is 10.3 Å². The summed E-state index contributed by atoms with van der Waals surface area (Å²) in [6.07, 6.45) is 0.208. The summed E-state index contributed by atoms with van der Waals surface area (Å²) in [5.41, 5.74) is 0.564. The third-order valence-electron chi connectivity index (χ3n) is 4.37. The van der Waals surface area contributed by atoms with Crippen molar-refractivity contribution in [1.29, 1.82) is 0 Å². The molecule has 1 aliphatic heterocycles. The molecule has 0 saturated heterocycles. The summed E-state index contributed by atoms with van der Waals surface area (Å²) in [5, 5.41) is 7.80. The third-order valence-corrected chi connectivity index (χ3v) is 10.2. The van der Waals surface area contributed by atoms with Crippen LogP contribution in [0.1, 0.15) is 38.1 Å². The van der Waals surface area contributed by atoms with Crippen molar-refractivity contribution in [3.8, 4) is 0 Å². The number of primary sulfonamides is 1. The fourth-order valence-corrected chi connectivity index (χ4v) is 7.08. The number of nitrogens with one attached hydrogen (secondary N) is 1. The molecule has 0 saturated carbocycles. The average Bonchev–Trinajstić information content (AvgIpc) is 2.86. The highest BCUT2D eigenvalue weighted by atomic mass is 32.2. The van der Waals surface area contributed by atoms with Crippen LogP contribution in [0.4, 0.5) is 0 Å². The zero-order valence-corrected chi connectivity index (χ0v) is 16.5. The molecular formula is C14H22N2O5S3. The number of amides is 1. The number of sulfonamides is 1. The second-order valence-electron chi connectivity index (χ2n) is 6.78. The Morgan fingerprint density at radius 2 is 2.04 bits per heavy atom. The van der Waals surface area contributed by atoms with Gasteiger partial charge in [0.2, 0.25) is 25.8 Å². The molecule has 0 radical (unpaired) electrons. The number of sulfone groups is 1. The van der Waals surface area contributed by atoms with Gasteiger partial charge in [-0.2, -0.15) is 0 Å². The highest BCUT2D eigenvalue weighted by molar-refractivity contribution is 7.96. The topological polar surface area (TPSA) is 123 Å². The predicted octanol–water partition coefficient (Wildman–Crippen LogP) is 0.582. The minimum Gasteiger partial charge on any atom is -0.355 e. The molecule has 1 aliphatic rings. The number of hydrogen-bond donors (Lipinski definition) is 2. The van der Waals surface area contributed by atoms with E-state index in [2.05, 4.69) is 5.32 Å². The molecule has 24 heavy (non-hydrogen) atoms. The number of carbonyl (C=O) groups is 1. The average molecular weight is 395 g/mol. The van der Waals surface area contributed by atoms with Crippen LogP contribution >= 0.6 is 11.3 Å². The molecule has 7 nitrogen and oxygen atoms in total. The molecule has 0 aromatic carbocycles. The molecule has 1 aromatic heterocycles. The van der Waals surface area contributed by atoms with Crippen LogP contribution in [-0.2, 0) is 37.5 Å². The van der Waals surface area contributed by atoms with E-state index in [1.165, 1.54) is 20.8 Å². The summed E-state index contributed by atoms with van der Waals surface area (Å²) in [4.78, 5) is 12.8. The quantitative estimate of drug-likeness (QED) is 0.756. The van der Waals surface area contributed by atoms with Crippen molar-refractivity contribution in [2.75, 3.05) is 6.54 Å². The van der Waals surface area contributed by atoms with Gasteiger partial charge in [-0.3, -0.25) is 4.79 Å². The molecule has 0 spiro atoms. The summed E-state index contributed by atoms with van der Waals surface area (Å²) in [7, 11) is -7.58. The molecule has 1 aromatic rings. The van der Waals surface area contributed by atoms with Gasteiger partial charge < -0.3 is 5.32 Å². The maximum absolute atomic E-state index is 12.8. The van der Waals surface area contributed by atoms with Crippen molar-refractivity contribution in [2.45, 2.75) is 54.2 Å². The van der Waals surface area contributed by atoms with Crippen LogP contribution in [0, 0.1) is 0 Å². The number of carbonyl (C=O) groups excluding carboxylic acids is 1. The van der Waals surface area contributed by atoms with E-state index in [4.69, 9.17) is 5.14 Å². The molecule has 1 amide bonds. The maximum Gasteiger partial charge on any atom is 0.241 e. The normalized spacial score (nSPS) is 23.0. The molecule has 2 heterocycles. The van der Waals surface area contributed by atoms with Gasteiger partial charge in [0.05, 0.1) is 4.75 Å². The number of hydrogen-bond acceptors (Lipinski definition) is 6. The van der Waals surface area contributed by atoms with Gasteiger partial charge in [-0.15, -0.1) is 11.3 Å². The molecule has 10 heteroatoms. The van der Waals surface area contributed by atoms with Gasteiger partial charge in [0, 0.05) is 24.3 Å². The highest BCUT2D eigenvalue weighted by Gasteiger charge is 2.54. The number of thiophene rings is 1. The molecule has 0 fully saturated rings. The van der Waals surface area contributed by atoms with Crippen molar-refractivity contribution in [1.82, 2.24) is 5.32 Å². The van der Waals surface area contributed by atoms with Crippen LogP contribution < -0.4 is 10.5 Å². The van der Waals surface area contributed by atoms with Gasteiger partial charge in [0.25, 0.3) is 0 Å². The lowest BCUT2D eigenvalue weighted by Crippen LogP contribution is -2.48. The van der Waals surface area contributed by atoms with Gasteiger partial charge in [0.1, 0.15) is 4.21 Å². The summed E-state index contributed by atoms with van der Waals surface area (Å²) in [6, 6.07) is 1.68. The van der Waals surface area contributed by atoms with Gasteiger partial charge in [-0.05, 0) is 39.3 Å². The van der Waals surface area contributed by atoms with Gasteiger partial charge in [-0.25, -0.2) is 22.0 Å². The van der Waals surface area contributed by atoms with E-state index in [-0.39, 0.29) is 17.1 Å². The second kappa shape index (κ2) is 5.79. The lowest BCUT2D eigenvalue weighted by Gasteiger charge is -2.22. The van der Waals surface area contributed by atoms with E-state index >= 15 is 0 Å². The lowest BCUT2D eigenvalue weighted by molar-refractivity contribution is -0.123. The summed E-state index contributed by atoms with van der Waals surface area (Å²) < 4.78 is 46.3. The standard InChI is InChI=1S/C14H22N2O5S3/c1-5-16-12(17)14(4)7-9-6-10(22-11(9)23(14,18)19)8-13(2,3)24(15,20)21/h6H,5,7-8H2,1-4H3,(H,16,17)(H2,15,20,21). The Labute approximate surface area is 146 Å². The molecule has 1 unspecified atom stereocenters. The lowest BCUT2D eigenvalue weighted by atomic mass is 10.0. The Kier molecular flexibility index (Phi) is 4.67. The van der Waals surface area contributed by atoms with Gasteiger partial charge >= 0.3 is 0 Å². The Balaban J connectivity index is 2.39. The second-order valence-corrected chi connectivity index (χ2v) is 12.7. The zero-order chi connectivity index (χ0) is 18.6. The monoisotopic (exact) mass is 394 g/mol. The molecule has 0 bridgehead atoms. The van der Waals surface area contributed by atoms with Crippen molar-refractivity contribution < 1.29 is 21.6 Å². The Morgan fingerprint density at radius 1 is 1.46 bits per heavy atom. The smallest absolute Gasteiger partial charge is 0.241 e. The Morgan fingerprint density at radius 3 is 2.50 bits per heavy atom. The maximum atomic E-state index is 12.8. The Hall–Kier alpha value is -0.970. The van der Waals surface area contributed by atoms with Crippen molar-refractivity contribution in [2.24, 2.45) is 5.14 Å². The van der Waals surface area contributed by atoms with E-state index in [0.717, 1.165) is 11.3 Å².